The van der Waals surface area contributed by atoms with Gasteiger partial charge in [0, 0.05) is 13.5 Å². The minimum absolute atomic E-state index is 0.263. The number of carboxylic acids is 1. The number of hydrogen-bond donors (Lipinski definition) is 1. The van der Waals surface area contributed by atoms with Gasteiger partial charge in [-0.15, -0.1) is 0 Å². The molecule has 1 amide bonds. The minimum atomic E-state index is -1.42. The molecule has 1 atom stereocenters. The lowest BCUT2D eigenvalue weighted by Crippen LogP contribution is -2.52. The highest BCUT2D eigenvalue weighted by Crippen LogP contribution is 2.31. The molecule has 5 nitrogen and oxygen atoms in total. The van der Waals surface area contributed by atoms with Gasteiger partial charge in [0.25, 0.3) is 0 Å². The summed E-state index contributed by atoms with van der Waals surface area (Å²) in [7, 11) is 0. The first kappa shape index (κ1) is 19.5. The molecular weight excluding hydrogens is 330 g/mol. The molecule has 0 aliphatic carbocycles. The molecule has 0 heterocycles. The Morgan fingerprint density at radius 2 is 1.69 bits per heavy atom. The summed E-state index contributed by atoms with van der Waals surface area (Å²) in [6.45, 7) is 5.69. The molecule has 1 unspecified atom stereocenters. The van der Waals surface area contributed by atoms with E-state index in [-0.39, 0.29) is 5.91 Å². The topological polar surface area (TPSA) is 66.8 Å². The van der Waals surface area contributed by atoms with Crippen LogP contribution in [0.5, 0.6) is 5.75 Å². The SMILES string of the molecule is CCCN(C(C)=O)C(C)(C(=O)O)c1ccc(OCc2ccccc2)cc1. The normalized spacial score (nSPS) is 12.9. The lowest BCUT2D eigenvalue weighted by molar-refractivity contribution is -0.158. The number of benzene rings is 2. The van der Waals surface area contributed by atoms with E-state index in [2.05, 4.69) is 0 Å². The van der Waals surface area contributed by atoms with Crippen LogP contribution in [0.15, 0.2) is 54.6 Å². The average Bonchev–Trinajstić information content (AvgIpc) is 2.64. The maximum atomic E-state index is 12.0. The number of carbonyl (C=O) groups is 2. The fourth-order valence-corrected chi connectivity index (χ4v) is 2.93. The van der Waals surface area contributed by atoms with Gasteiger partial charge >= 0.3 is 5.97 Å². The molecule has 138 valence electrons. The average molecular weight is 355 g/mol. The smallest absolute Gasteiger partial charge is 0.334 e. The van der Waals surface area contributed by atoms with Crippen LogP contribution in [0.2, 0.25) is 0 Å². The monoisotopic (exact) mass is 355 g/mol. The van der Waals surface area contributed by atoms with Crippen LogP contribution in [-0.2, 0) is 21.7 Å². The van der Waals surface area contributed by atoms with Crippen molar-refractivity contribution in [2.24, 2.45) is 0 Å². The highest BCUT2D eigenvalue weighted by atomic mass is 16.5. The standard InChI is InChI=1S/C21H25NO4/c1-4-14-22(16(2)23)21(3,20(24)25)18-10-12-19(13-11-18)26-15-17-8-6-5-7-9-17/h5-13H,4,14-15H2,1-3H3,(H,24,25). The summed E-state index contributed by atoms with van der Waals surface area (Å²) in [5, 5.41) is 9.83. The molecule has 0 aromatic heterocycles. The number of amides is 1. The van der Waals surface area contributed by atoms with Crippen molar-refractivity contribution in [1.29, 1.82) is 0 Å². The highest BCUT2D eigenvalue weighted by Gasteiger charge is 2.42. The summed E-state index contributed by atoms with van der Waals surface area (Å²) in [6.07, 6.45) is 0.681. The number of aliphatic carboxylic acids is 1. The van der Waals surface area contributed by atoms with Crippen molar-refractivity contribution in [3.05, 3.63) is 65.7 Å². The zero-order chi connectivity index (χ0) is 19.2. The molecule has 2 aromatic rings. The van der Waals surface area contributed by atoms with Crippen LogP contribution in [0.4, 0.5) is 0 Å². The number of nitrogens with zero attached hydrogens (tertiary/aromatic N) is 1. The fraction of sp³-hybridized carbons (Fsp3) is 0.333. The summed E-state index contributed by atoms with van der Waals surface area (Å²) in [6, 6.07) is 16.7. The quantitative estimate of drug-likeness (QED) is 0.782. The molecule has 26 heavy (non-hydrogen) atoms. The summed E-state index contributed by atoms with van der Waals surface area (Å²) in [4.78, 5) is 25.4. The van der Waals surface area contributed by atoms with E-state index in [0.29, 0.717) is 30.9 Å². The summed E-state index contributed by atoms with van der Waals surface area (Å²) in [5.74, 6) is -0.671. The van der Waals surface area contributed by atoms with Crippen molar-refractivity contribution in [2.75, 3.05) is 6.54 Å². The summed E-state index contributed by atoms with van der Waals surface area (Å²) < 4.78 is 5.75. The van der Waals surface area contributed by atoms with Gasteiger partial charge in [0.2, 0.25) is 5.91 Å². The van der Waals surface area contributed by atoms with Crippen LogP contribution in [-0.4, -0.2) is 28.4 Å². The second-order valence-corrected chi connectivity index (χ2v) is 6.35. The van der Waals surface area contributed by atoms with E-state index in [0.717, 1.165) is 5.56 Å². The number of hydrogen-bond acceptors (Lipinski definition) is 3. The number of carboxylic acid groups (broad SMARTS) is 1. The Hall–Kier alpha value is -2.82. The summed E-state index contributed by atoms with van der Waals surface area (Å²) in [5.41, 5.74) is 0.179. The van der Waals surface area contributed by atoms with Gasteiger partial charge in [0.1, 0.15) is 12.4 Å². The van der Waals surface area contributed by atoms with Crippen LogP contribution in [0.1, 0.15) is 38.3 Å². The molecule has 0 saturated heterocycles. The van der Waals surface area contributed by atoms with Crippen molar-refractivity contribution in [2.45, 2.75) is 39.3 Å². The molecule has 0 aliphatic heterocycles. The largest absolute Gasteiger partial charge is 0.489 e. The van der Waals surface area contributed by atoms with Crippen molar-refractivity contribution < 1.29 is 19.4 Å². The van der Waals surface area contributed by atoms with Crippen LogP contribution >= 0.6 is 0 Å². The molecule has 2 aromatic carbocycles. The van der Waals surface area contributed by atoms with E-state index in [1.165, 1.54) is 11.8 Å². The Bertz CT molecular complexity index is 742. The molecule has 5 heteroatoms. The van der Waals surface area contributed by atoms with Crippen LogP contribution in [0.25, 0.3) is 0 Å². The van der Waals surface area contributed by atoms with Crippen molar-refractivity contribution in [3.63, 3.8) is 0 Å². The first-order valence-electron chi connectivity index (χ1n) is 8.68. The minimum Gasteiger partial charge on any atom is -0.489 e. The van der Waals surface area contributed by atoms with Gasteiger partial charge in [-0.3, -0.25) is 4.79 Å². The zero-order valence-corrected chi connectivity index (χ0v) is 15.4. The van der Waals surface area contributed by atoms with Gasteiger partial charge in [-0.25, -0.2) is 4.79 Å². The zero-order valence-electron chi connectivity index (χ0n) is 15.4. The fourth-order valence-electron chi connectivity index (χ4n) is 2.93. The predicted molar refractivity (Wildman–Crippen MR) is 99.9 cm³/mol. The van der Waals surface area contributed by atoms with Crippen molar-refractivity contribution >= 4 is 11.9 Å². The van der Waals surface area contributed by atoms with Gasteiger partial charge in [-0.2, -0.15) is 0 Å². The highest BCUT2D eigenvalue weighted by molar-refractivity contribution is 5.87. The van der Waals surface area contributed by atoms with Crippen molar-refractivity contribution in [1.82, 2.24) is 4.90 Å². The Labute approximate surface area is 154 Å². The van der Waals surface area contributed by atoms with Crippen LogP contribution < -0.4 is 4.74 Å². The molecule has 2 rings (SSSR count). The van der Waals surface area contributed by atoms with Gasteiger partial charge in [-0.1, -0.05) is 49.4 Å². The van der Waals surface area contributed by atoms with E-state index in [4.69, 9.17) is 4.74 Å². The van der Waals surface area contributed by atoms with E-state index in [1.807, 2.05) is 37.3 Å². The molecular formula is C21H25NO4. The Morgan fingerprint density at radius 3 is 2.19 bits per heavy atom. The first-order chi connectivity index (χ1) is 12.4. The molecule has 0 spiro atoms. The molecule has 0 bridgehead atoms. The third-order valence-corrected chi connectivity index (χ3v) is 4.45. The van der Waals surface area contributed by atoms with Crippen molar-refractivity contribution in [3.8, 4) is 5.75 Å². The predicted octanol–water partition coefficient (Wildman–Crippen LogP) is 3.82. The maximum Gasteiger partial charge on any atom is 0.334 e. The van der Waals surface area contributed by atoms with Gasteiger partial charge in [0.15, 0.2) is 5.54 Å². The molecule has 0 fully saturated rings. The molecule has 0 radical (unpaired) electrons. The third-order valence-electron chi connectivity index (χ3n) is 4.45. The second kappa shape index (κ2) is 8.52. The second-order valence-electron chi connectivity index (χ2n) is 6.35. The Morgan fingerprint density at radius 1 is 1.08 bits per heavy atom. The Balaban J connectivity index is 2.22. The van der Waals surface area contributed by atoms with E-state index >= 15 is 0 Å². The van der Waals surface area contributed by atoms with E-state index < -0.39 is 11.5 Å². The molecule has 0 saturated carbocycles. The number of rotatable bonds is 8. The van der Waals surface area contributed by atoms with Gasteiger partial charge in [-0.05, 0) is 36.6 Å². The first-order valence-corrected chi connectivity index (χ1v) is 8.68. The van der Waals surface area contributed by atoms with E-state index in [9.17, 15) is 14.7 Å². The third kappa shape index (κ3) is 4.23. The molecule has 1 N–H and O–H groups in total. The maximum absolute atomic E-state index is 12.0. The van der Waals surface area contributed by atoms with E-state index in [1.54, 1.807) is 31.2 Å². The van der Waals surface area contributed by atoms with Gasteiger partial charge < -0.3 is 14.7 Å². The Kier molecular flexibility index (Phi) is 6.39. The lowest BCUT2D eigenvalue weighted by atomic mass is 9.89. The molecule has 0 aliphatic rings. The van der Waals surface area contributed by atoms with Crippen LogP contribution in [0, 0.1) is 0 Å². The number of carbonyl (C=O) groups excluding carboxylic acids is 1. The van der Waals surface area contributed by atoms with Gasteiger partial charge in [0.05, 0.1) is 0 Å². The number of ether oxygens (including phenoxy) is 1. The lowest BCUT2D eigenvalue weighted by Gasteiger charge is -2.37. The van der Waals surface area contributed by atoms with Crippen LogP contribution in [0.3, 0.4) is 0 Å². The summed E-state index contributed by atoms with van der Waals surface area (Å²) >= 11 is 0.